The minimum absolute atomic E-state index is 0.000982. The van der Waals surface area contributed by atoms with Crippen molar-refractivity contribution in [2.75, 3.05) is 18.0 Å². The van der Waals surface area contributed by atoms with Gasteiger partial charge < -0.3 is 20.7 Å². The third kappa shape index (κ3) is 8.23. The number of primary amides is 1. The largest absolute Gasteiger partial charge is 0.460 e. The monoisotopic (exact) mass is 590 g/mol. The number of hydrogen-bond acceptors (Lipinski definition) is 8. The number of ether oxygens (including phenoxy) is 1. The molecule has 3 rings (SSSR count). The van der Waals surface area contributed by atoms with Gasteiger partial charge in [-0.15, -0.1) is 0 Å². The molecule has 3 N–H and O–H groups in total. The number of nitrogens with two attached hydrogens (primary N) is 1. The molecule has 1 unspecified atom stereocenters. The van der Waals surface area contributed by atoms with Crippen LogP contribution in [0.5, 0.6) is 0 Å². The molecule has 1 aliphatic heterocycles. The number of hydrogen-bond donors (Lipinski definition) is 2. The molecular weight excluding hydrogens is 552 g/mol. The fourth-order valence-electron chi connectivity index (χ4n) is 4.81. The summed E-state index contributed by atoms with van der Waals surface area (Å²) in [6.45, 7) is 17.9. The van der Waals surface area contributed by atoms with Gasteiger partial charge in [-0.1, -0.05) is 55.9 Å². The molecule has 11 heteroatoms. The number of carbonyl (C=O) groups excluding carboxylic acids is 3. The molecule has 222 valence electrons. The molecule has 0 spiro atoms. The van der Waals surface area contributed by atoms with E-state index in [0.29, 0.717) is 60.0 Å². The van der Waals surface area contributed by atoms with Crippen molar-refractivity contribution in [2.24, 2.45) is 11.7 Å². The van der Waals surface area contributed by atoms with Crippen LogP contribution in [0.4, 0.5) is 11.5 Å². The van der Waals surface area contributed by atoms with Gasteiger partial charge in [0.05, 0.1) is 18.6 Å². The van der Waals surface area contributed by atoms with Gasteiger partial charge >= 0.3 is 5.97 Å². The second-order valence-electron chi connectivity index (χ2n) is 11.3. The zero-order chi connectivity index (χ0) is 31.0. The van der Waals surface area contributed by atoms with E-state index in [4.69, 9.17) is 22.0 Å². The molecule has 0 saturated carbocycles. The average Bonchev–Trinajstić information content (AvgIpc) is 2.94. The number of nitrogens with one attached hydrogen (secondary N) is 1. The second kappa shape index (κ2) is 14.2. The lowest BCUT2D eigenvalue weighted by atomic mass is 10.0. The molecule has 2 heterocycles. The van der Waals surface area contributed by atoms with E-state index in [2.05, 4.69) is 16.2 Å². The maximum atomic E-state index is 12.8. The van der Waals surface area contributed by atoms with Crippen molar-refractivity contribution in [1.82, 2.24) is 10.3 Å². The number of esters is 1. The Morgan fingerprint density at radius 1 is 1.26 bits per heavy atom. The van der Waals surface area contributed by atoms with Crippen molar-refractivity contribution >= 4 is 41.1 Å². The molecule has 2 amide bonds. The standard InChI is InChI=1S/C31H38N6O4S/c1-7-22-23(18-32)30(42-26(27(33)39)20-11-9-8-10-12-20)36-28(25(22)34-6)37-15-13-21(14-16-37)35-29(40)19(2)17-24(38)41-31(3,4)5/h8-12,19,21,26H,7,13-17H2,1-5H3,(H2,33,39)(H,35,40)/t19-,26?/m0/s1. The lowest BCUT2D eigenvalue weighted by Gasteiger charge is -2.35. The van der Waals surface area contributed by atoms with Crippen LogP contribution in [0.1, 0.15) is 75.8 Å². The van der Waals surface area contributed by atoms with Gasteiger partial charge in [0, 0.05) is 25.0 Å². The first-order valence-electron chi connectivity index (χ1n) is 14.0. The van der Waals surface area contributed by atoms with Gasteiger partial charge in [0.15, 0.2) is 0 Å². The summed E-state index contributed by atoms with van der Waals surface area (Å²) < 4.78 is 5.34. The summed E-state index contributed by atoms with van der Waals surface area (Å²) in [6, 6.07) is 11.2. The summed E-state index contributed by atoms with van der Waals surface area (Å²) in [5, 5.41) is 12.7. The van der Waals surface area contributed by atoms with E-state index in [-0.39, 0.29) is 23.9 Å². The fourth-order valence-corrected chi connectivity index (χ4v) is 5.86. The number of piperidine rings is 1. The van der Waals surface area contributed by atoms with E-state index in [1.54, 1.807) is 39.8 Å². The Balaban J connectivity index is 1.79. The van der Waals surface area contributed by atoms with Crippen molar-refractivity contribution in [1.29, 1.82) is 5.26 Å². The topological polar surface area (TPSA) is 143 Å². The Kier molecular flexibility index (Phi) is 11.0. The highest BCUT2D eigenvalue weighted by Crippen LogP contribution is 2.43. The van der Waals surface area contributed by atoms with Gasteiger partial charge in [-0.2, -0.15) is 5.26 Å². The maximum Gasteiger partial charge on any atom is 0.307 e. The lowest BCUT2D eigenvalue weighted by molar-refractivity contribution is -0.157. The van der Waals surface area contributed by atoms with Crippen molar-refractivity contribution in [3.8, 4) is 6.07 Å². The van der Waals surface area contributed by atoms with Gasteiger partial charge in [-0.25, -0.2) is 9.83 Å². The first-order chi connectivity index (χ1) is 19.9. The van der Waals surface area contributed by atoms with Crippen molar-refractivity contribution in [2.45, 2.75) is 82.2 Å². The molecule has 0 bridgehead atoms. The summed E-state index contributed by atoms with van der Waals surface area (Å²) >= 11 is 1.12. The summed E-state index contributed by atoms with van der Waals surface area (Å²) in [4.78, 5) is 47.9. The van der Waals surface area contributed by atoms with E-state index in [0.717, 1.165) is 11.8 Å². The van der Waals surface area contributed by atoms with E-state index in [1.165, 1.54) is 0 Å². The lowest BCUT2D eigenvalue weighted by Crippen LogP contribution is -2.46. The minimum Gasteiger partial charge on any atom is -0.460 e. The van der Waals surface area contributed by atoms with Crippen LogP contribution in [0.3, 0.4) is 0 Å². The third-order valence-electron chi connectivity index (χ3n) is 6.87. The quantitative estimate of drug-likeness (QED) is 0.227. The highest BCUT2D eigenvalue weighted by Gasteiger charge is 2.30. The van der Waals surface area contributed by atoms with Crippen LogP contribution < -0.4 is 16.0 Å². The average molecular weight is 591 g/mol. The van der Waals surface area contributed by atoms with Crippen LogP contribution in [-0.4, -0.2) is 47.5 Å². The predicted octanol–water partition coefficient (Wildman–Crippen LogP) is 4.84. The molecular formula is C31H38N6O4S. The highest BCUT2D eigenvalue weighted by molar-refractivity contribution is 8.00. The number of amides is 2. The fraction of sp³-hybridized carbons (Fsp3) is 0.484. The molecule has 2 aromatic rings. The van der Waals surface area contributed by atoms with Crippen LogP contribution in [0.15, 0.2) is 35.4 Å². The summed E-state index contributed by atoms with van der Waals surface area (Å²) in [5.74, 6) is -1.24. The molecule has 1 aromatic carbocycles. The van der Waals surface area contributed by atoms with E-state index in [9.17, 15) is 19.6 Å². The smallest absolute Gasteiger partial charge is 0.307 e. The van der Waals surface area contributed by atoms with Gasteiger partial charge in [0.1, 0.15) is 27.8 Å². The van der Waals surface area contributed by atoms with Crippen molar-refractivity contribution < 1.29 is 19.1 Å². The van der Waals surface area contributed by atoms with Crippen LogP contribution in [0.2, 0.25) is 0 Å². The molecule has 1 saturated heterocycles. The van der Waals surface area contributed by atoms with E-state index < -0.39 is 28.6 Å². The van der Waals surface area contributed by atoms with Gasteiger partial charge in [-0.3, -0.25) is 14.4 Å². The number of anilines is 1. The van der Waals surface area contributed by atoms with Crippen LogP contribution >= 0.6 is 11.8 Å². The van der Waals surface area contributed by atoms with Crippen molar-refractivity contribution in [3.05, 3.63) is 58.4 Å². The van der Waals surface area contributed by atoms with Gasteiger partial charge in [0.25, 0.3) is 0 Å². The van der Waals surface area contributed by atoms with E-state index in [1.807, 2.05) is 30.0 Å². The van der Waals surface area contributed by atoms with Crippen LogP contribution in [0.25, 0.3) is 4.85 Å². The highest BCUT2D eigenvalue weighted by atomic mass is 32.2. The van der Waals surface area contributed by atoms with Crippen LogP contribution in [-0.2, 0) is 25.5 Å². The van der Waals surface area contributed by atoms with E-state index >= 15 is 0 Å². The number of carbonyl (C=O) groups is 3. The second-order valence-corrected chi connectivity index (χ2v) is 12.4. The summed E-state index contributed by atoms with van der Waals surface area (Å²) in [6.07, 6.45) is 1.67. The number of nitrogens with zero attached hydrogens (tertiary/aromatic N) is 4. The zero-order valence-corrected chi connectivity index (χ0v) is 25.6. The summed E-state index contributed by atoms with van der Waals surface area (Å²) in [5.41, 5.74) is 7.03. The molecule has 1 fully saturated rings. The predicted molar refractivity (Wildman–Crippen MR) is 162 cm³/mol. The molecule has 1 aliphatic rings. The number of pyridine rings is 1. The molecule has 2 atom stereocenters. The molecule has 10 nitrogen and oxygen atoms in total. The Bertz CT molecular complexity index is 1390. The number of thioether (sulfide) groups is 1. The molecule has 0 radical (unpaired) electrons. The first kappa shape index (κ1) is 32.4. The molecule has 1 aromatic heterocycles. The Morgan fingerprint density at radius 3 is 2.43 bits per heavy atom. The van der Waals surface area contributed by atoms with Crippen molar-refractivity contribution in [3.63, 3.8) is 0 Å². The van der Waals surface area contributed by atoms with Gasteiger partial charge in [-0.05, 0) is 51.2 Å². The number of aromatic nitrogens is 1. The Morgan fingerprint density at radius 2 is 1.90 bits per heavy atom. The van der Waals surface area contributed by atoms with Gasteiger partial charge in [0.2, 0.25) is 17.5 Å². The third-order valence-corrected chi connectivity index (χ3v) is 8.13. The Hall–Kier alpha value is -4.09. The maximum absolute atomic E-state index is 12.8. The normalized spacial score (nSPS) is 15.2. The number of rotatable bonds is 10. The number of nitriles is 1. The summed E-state index contributed by atoms with van der Waals surface area (Å²) in [7, 11) is 0. The Labute approximate surface area is 251 Å². The minimum atomic E-state index is -0.759. The molecule has 42 heavy (non-hydrogen) atoms. The SMILES string of the molecule is [C-]#[N+]c1c(N2CCC(NC(=O)[C@@H](C)CC(=O)OC(C)(C)C)CC2)nc(SC(C(N)=O)c2ccccc2)c(C#N)c1CC. The number of benzene rings is 1. The van der Waals surface area contributed by atoms with Crippen LogP contribution in [0, 0.1) is 23.8 Å². The first-order valence-corrected chi connectivity index (χ1v) is 14.9. The zero-order valence-electron chi connectivity index (χ0n) is 24.8. The molecule has 0 aliphatic carbocycles.